The first kappa shape index (κ1) is 24.3. The molecule has 0 atom stereocenters. The van der Waals surface area contributed by atoms with Gasteiger partial charge in [-0.3, -0.25) is 14.0 Å². The van der Waals surface area contributed by atoms with E-state index < -0.39 is 0 Å². The molecule has 0 aliphatic rings. The lowest BCUT2D eigenvalue weighted by molar-refractivity contribution is -0.659. The fourth-order valence-corrected chi connectivity index (χ4v) is 4.07. The van der Waals surface area contributed by atoms with Crippen molar-refractivity contribution in [2.24, 2.45) is 0 Å². The van der Waals surface area contributed by atoms with E-state index in [1.165, 1.54) is 4.40 Å². The van der Waals surface area contributed by atoms with Crippen molar-refractivity contribution >= 4 is 28.4 Å². The number of nitrogens with one attached hydrogen (secondary N) is 1. The van der Waals surface area contributed by atoms with E-state index in [-0.39, 0.29) is 29.0 Å². The molecule has 35 heavy (non-hydrogen) atoms. The van der Waals surface area contributed by atoms with Crippen molar-refractivity contribution in [3.05, 3.63) is 81.8 Å². The van der Waals surface area contributed by atoms with Crippen molar-refractivity contribution in [1.82, 2.24) is 14.7 Å². The number of carbonyl (C=O) groups excluding carboxylic acids is 1. The summed E-state index contributed by atoms with van der Waals surface area (Å²) in [6, 6.07) is 15.2. The first-order valence-corrected chi connectivity index (χ1v) is 11.9. The maximum absolute atomic E-state index is 13.4. The van der Waals surface area contributed by atoms with E-state index in [1.54, 1.807) is 16.8 Å². The third-order valence-electron chi connectivity index (χ3n) is 5.86. The molecule has 8 heteroatoms. The van der Waals surface area contributed by atoms with Crippen molar-refractivity contribution in [3.63, 3.8) is 0 Å². The van der Waals surface area contributed by atoms with Gasteiger partial charge >= 0.3 is 0 Å². The largest absolute Gasteiger partial charge is 0.379 e. The normalized spacial score (nSPS) is 11.4. The van der Waals surface area contributed by atoms with Crippen LogP contribution in [0.25, 0.3) is 16.7 Å². The van der Waals surface area contributed by atoms with Gasteiger partial charge in [0, 0.05) is 25.8 Å². The zero-order chi connectivity index (χ0) is 24.9. The number of carbonyl (C=O) groups is 1. The highest BCUT2D eigenvalue weighted by molar-refractivity contribution is 6.00. The van der Waals surface area contributed by atoms with Gasteiger partial charge in [-0.1, -0.05) is 41.4 Å². The second-order valence-corrected chi connectivity index (χ2v) is 8.95. The minimum Gasteiger partial charge on any atom is -0.379 e. The fraction of sp³-hybridized carbons (Fsp3) is 0.333. The van der Waals surface area contributed by atoms with Crippen LogP contribution >= 0.6 is 0 Å². The van der Waals surface area contributed by atoms with Gasteiger partial charge in [0.25, 0.3) is 17.1 Å². The predicted molar refractivity (Wildman–Crippen MR) is 136 cm³/mol. The lowest BCUT2D eigenvalue weighted by Gasteiger charge is -2.13. The van der Waals surface area contributed by atoms with Crippen LogP contribution < -0.4 is 21.2 Å². The van der Waals surface area contributed by atoms with Gasteiger partial charge in [-0.25, -0.2) is 4.57 Å². The molecule has 0 spiro atoms. The molecule has 0 radical (unpaired) electrons. The van der Waals surface area contributed by atoms with E-state index in [1.807, 2.05) is 63.2 Å². The van der Waals surface area contributed by atoms with E-state index in [9.17, 15) is 9.59 Å². The van der Waals surface area contributed by atoms with Gasteiger partial charge < -0.3 is 15.8 Å². The molecule has 0 saturated heterocycles. The standard InChI is InChI=1S/C27H31N5O3/c1-18(2)35-15-7-14-31-24(28)21(26(33)29-13-12-20-8-5-4-6-9-20)16-22-25(31)30-23-11-10-19(3)17-32(23)27(22)34/h4-6,8-11,16-18,28H,7,12-15H2,1-3H3,(H,29,33)/p+1. The molecule has 4 rings (SSSR count). The molecule has 3 aromatic heterocycles. The van der Waals surface area contributed by atoms with Gasteiger partial charge in [-0.15, -0.1) is 0 Å². The molecule has 1 amide bonds. The van der Waals surface area contributed by atoms with Crippen LogP contribution in [0.15, 0.2) is 59.5 Å². The lowest BCUT2D eigenvalue weighted by atomic mass is 10.1. The number of amides is 1. The third-order valence-corrected chi connectivity index (χ3v) is 5.86. The third kappa shape index (κ3) is 5.49. The number of nitrogen functional groups attached to an aromatic ring is 1. The Bertz CT molecular complexity index is 1410. The van der Waals surface area contributed by atoms with Gasteiger partial charge in [-0.05, 0) is 50.5 Å². The summed E-state index contributed by atoms with van der Waals surface area (Å²) in [6.07, 6.45) is 3.23. The summed E-state index contributed by atoms with van der Waals surface area (Å²) >= 11 is 0. The summed E-state index contributed by atoms with van der Waals surface area (Å²) in [5, 5.41) is 3.29. The molecule has 8 nitrogen and oxygen atoms in total. The minimum atomic E-state index is -0.318. The number of anilines is 1. The highest BCUT2D eigenvalue weighted by Crippen LogP contribution is 2.15. The number of rotatable bonds is 9. The van der Waals surface area contributed by atoms with Crippen LogP contribution in [-0.2, 0) is 17.7 Å². The highest BCUT2D eigenvalue weighted by atomic mass is 16.5. The number of pyridine rings is 2. The minimum absolute atomic E-state index is 0.116. The Kier molecular flexibility index (Phi) is 7.41. The maximum Gasteiger partial charge on any atom is 0.278 e. The molecule has 0 bridgehead atoms. The summed E-state index contributed by atoms with van der Waals surface area (Å²) < 4.78 is 8.94. The molecule has 1 aromatic carbocycles. The van der Waals surface area contributed by atoms with Crippen LogP contribution in [0.4, 0.5) is 5.82 Å². The van der Waals surface area contributed by atoms with Crippen molar-refractivity contribution in [1.29, 1.82) is 0 Å². The van der Waals surface area contributed by atoms with Crippen molar-refractivity contribution in [3.8, 4) is 0 Å². The summed E-state index contributed by atoms with van der Waals surface area (Å²) in [4.78, 5) is 31.3. The second kappa shape index (κ2) is 10.7. The molecule has 0 saturated carbocycles. The van der Waals surface area contributed by atoms with Crippen molar-refractivity contribution in [2.45, 2.75) is 46.3 Å². The Morgan fingerprint density at radius 1 is 1.20 bits per heavy atom. The number of hydrogen-bond donors (Lipinski definition) is 2. The number of hydrogen-bond acceptors (Lipinski definition) is 5. The van der Waals surface area contributed by atoms with Crippen LogP contribution in [0.1, 0.15) is 41.8 Å². The number of aryl methyl sites for hydroxylation is 2. The number of ether oxygens (including phenoxy) is 1. The molecule has 3 N–H and O–H groups in total. The fourth-order valence-electron chi connectivity index (χ4n) is 4.07. The summed E-state index contributed by atoms with van der Waals surface area (Å²) in [6.45, 7) is 7.33. The molecule has 0 unspecified atom stereocenters. The first-order valence-electron chi connectivity index (χ1n) is 11.9. The SMILES string of the molecule is Cc1ccc2nc3c(cc(C(=O)NCCc4ccccc4)c(N)[n+]3CCCOC(C)C)c(=O)n2c1. The van der Waals surface area contributed by atoms with E-state index in [0.29, 0.717) is 49.2 Å². The monoisotopic (exact) mass is 474 g/mol. The highest BCUT2D eigenvalue weighted by Gasteiger charge is 2.24. The molecule has 0 fully saturated rings. The van der Waals surface area contributed by atoms with Crippen LogP contribution in [0.5, 0.6) is 0 Å². The number of benzene rings is 1. The average molecular weight is 475 g/mol. The summed E-state index contributed by atoms with van der Waals surface area (Å²) in [5.74, 6) is -0.0381. The summed E-state index contributed by atoms with van der Waals surface area (Å²) in [7, 11) is 0. The lowest BCUT2D eigenvalue weighted by Crippen LogP contribution is -2.43. The Morgan fingerprint density at radius 3 is 2.71 bits per heavy atom. The predicted octanol–water partition coefficient (Wildman–Crippen LogP) is 2.81. The van der Waals surface area contributed by atoms with Gasteiger partial charge in [0.1, 0.15) is 10.9 Å². The maximum atomic E-state index is 13.4. The molecule has 3 heterocycles. The molecule has 4 aromatic rings. The summed E-state index contributed by atoms with van der Waals surface area (Å²) in [5.41, 5.74) is 9.59. The number of fused-ring (bicyclic) bond motifs is 2. The Morgan fingerprint density at radius 2 is 1.97 bits per heavy atom. The topological polar surface area (TPSA) is 103 Å². The van der Waals surface area contributed by atoms with E-state index >= 15 is 0 Å². The van der Waals surface area contributed by atoms with Gasteiger partial charge in [-0.2, -0.15) is 0 Å². The molecular formula is C27H32N5O3+. The molecular weight excluding hydrogens is 442 g/mol. The quantitative estimate of drug-likeness (QED) is 0.221. The van der Waals surface area contributed by atoms with E-state index in [4.69, 9.17) is 15.5 Å². The Hall–Kier alpha value is -3.78. The Balaban J connectivity index is 1.72. The number of nitrogens with two attached hydrogens (primary N) is 1. The van der Waals surface area contributed by atoms with Gasteiger partial charge in [0.2, 0.25) is 11.5 Å². The average Bonchev–Trinajstić information content (AvgIpc) is 2.84. The van der Waals surface area contributed by atoms with Crippen LogP contribution in [0.3, 0.4) is 0 Å². The van der Waals surface area contributed by atoms with Crippen LogP contribution in [-0.4, -0.2) is 34.5 Å². The zero-order valence-corrected chi connectivity index (χ0v) is 20.5. The smallest absolute Gasteiger partial charge is 0.278 e. The molecule has 182 valence electrons. The van der Waals surface area contributed by atoms with Gasteiger partial charge in [0.05, 0.1) is 12.6 Å². The zero-order valence-electron chi connectivity index (χ0n) is 20.5. The van der Waals surface area contributed by atoms with Gasteiger partial charge in [0.15, 0.2) is 0 Å². The van der Waals surface area contributed by atoms with E-state index in [2.05, 4.69) is 5.32 Å². The Labute approximate surface area is 204 Å². The number of aromatic nitrogens is 3. The first-order chi connectivity index (χ1) is 16.8. The van der Waals surface area contributed by atoms with E-state index in [0.717, 1.165) is 11.1 Å². The number of nitrogens with zero attached hydrogens (tertiary/aromatic N) is 3. The molecule has 0 aliphatic carbocycles. The molecule has 0 aliphatic heterocycles. The van der Waals surface area contributed by atoms with Crippen molar-refractivity contribution in [2.75, 3.05) is 18.9 Å². The van der Waals surface area contributed by atoms with Crippen LogP contribution in [0.2, 0.25) is 0 Å². The van der Waals surface area contributed by atoms with Crippen LogP contribution in [0, 0.1) is 6.92 Å². The van der Waals surface area contributed by atoms with Crippen molar-refractivity contribution < 1.29 is 14.1 Å². The second-order valence-electron chi connectivity index (χ2n) is 8.95.